The highest BCUT2D eigenvalue weighted by atomic mass is 16.5. The molecule has 5 heteroatoms. The fourth-order valence-corrected chi connectivity index (χ4v) is 2.28. The Kier molecular flexibility index (Phi) is 7.01. The third-order valence-electron chi connectivity index (χ3n) is 3.63. The van der Waals surface area contributed by atoms with Crippen molar-refractivity contribution < 1.29 is 14.3 Å². The van der Waals surface area contributed by atoms with E-state index in [1.807, 2.05) is 13.0 Å². The first-order valence-electron chi connectivity index (χ1n) is 8.56. The second-order valence-electron chi connectivity index (χ2n) is 5.60. The molecule has 25 heavy (non-hydrogen) atoms. The van der Waals surface area contributed by atoms with Gasteiger partial charge in [0.25, 0.3) is 11.8 Å². The molecule has 2 aromatic rings. The van der Waals surface area contributed by atoms with Gasteiger partial charge < -0.3 is 15.4 Å². The van der Waals surface area contributed by atoms with E-state index in [-0.39, 0.29) is 11.8 Å². The van der Waals surface area contributed by atoms with Gasteiger partial charge in [-0.15, -0.1) is 0 Å². The van der Waals surface area contributed by atoms with Crippen molar-refractivity contribution in [3.63, 3.8) is 0 Å². The predicted molar refractivity (Wildman–Crippen MR) is 99.2 cm³/mol. The van der Waals surface area contributed by atoms with Crippen molar-refractivity contribution in [2.45, 2.75) is 26.7 Å². The zero-order valence-corrected chi connectivity index (χ0v) is 14.7. The first-order valence-corrected chi connectivity index (χ1v) is 8.56. The molecule has 0 aliphatic carbocycles. The van der Waals surface area contributed by atoms with E-state index >= 15 is 0 Å². The lowest BCUT2D eigenvalue weighted by Crippen LogP contribution is -2.24. The number of anilines is 1. The van der Waals surface area contributed by atoms with Gasteiger partial charge in [-0.05, 0) is 55.8 Å². The number of carbonyl (C=O) groups excluding carboxylic acids is 2. The summed E-state index contributed by atoms with van der Waals surface area (Å²) in [5.74, 6) is 0.340. The maximum atomic E-state index is 12.3. The summed E-state index contributed by atoms with van der Waals surface area (Å²) in [6.07, 6.45) is 2.00. The topological polar surface area (TPSA) is 67.4 Å². The van der Waals surface area contributed by atoms with E-state index in [2.05, 4.69) is 17.6 Å². The van der Waals surface area contributed by atoms with Gasteiger partial charge in [-0.3, -0.25) is 9.59 Å². The van der Waals surface area contributed by atoms with Gasteiger partial charge in [0.2, 0.25) is 0 Å². The molecule has 0 aromatic heterocycles. The average Bonchev–Trinajstić information content (AvgIpc) is 2.63. The van der Waals surface area contributed by atoms with Gasteiger partial charge in [0.05, 0.1) is 6.61 Å². The van der Waals surface area contributed by atoms with Crippen LogP contribution in [-0.4, -0.2) is 25.0 Å². The predicted octanol–water partition coefficient (Wildman–Crippen LogP) is 3.87. The standard InChI is InChI=1S/C20H24N2O3/c1-3-5-13-21-19(23)15-9-11-17(12-10-15)22-20(24)16-7-6-8-18(14-16)25-4-2/h6-12,14H,3-5,13H2,1-2H3,(H,21,23)(H,22,24). The fourth-order valence-electron chi connectivity index (χ4n) is 2.28. The summed E-state index contributed by atoms with van der Waals surface area (Å²) in [5, 5.41) is 5.68. The molecule has 2 aromatic carbocycles. The van der Waals surface area contributed by atoms with Crippen molar-refractivity contribution in [1.29, 1.82) is 0 Å². The van der Waals surface area contributed by atoms with E-state index in [9.17, 15) is 9.59 Å². The summed E-state index contributed by atoms with van der Waals surface area (Å²) >= 11 is 0. The number of benzene rings is 2. The molecule has 0 heterocycles. The van der Waals surface area contributed by atoms with Gasteiger partial charge in [0.1, 0.15) is 5.75 Å². The van der Waals surface area contributed by atoms with Crippen LogP contribution in [0.25, 0.3) is 0 Å². The van der Waals surface area contributed by atoms with Crippen molar-refractivity contribution in [2.75, 3.05) is 18.5 Å². The molecule has 0 radical (unpaired) electrons. The number of hydrogen-bond donors (Lipinski definition) is 2. The largest absolute Gasteiger partial charge is 0.494 e. The SMILES string of the molecule is CCCCNC(=O)c1ccc(NC(=O)c2cccc(OCC)c2)cc1. The highest BCUT2D eigenvalue weighted by Gasteiger charge is 2.09. The quantitative estimate of drug-likeness (QED) is 0.717. The Morgan fingerprint density at radius 1 is 0.960 bits per heavy atom. The van der Waals surface area contributed by atoms with Crippen LogP contribution in [0.5, 0.6) is 5.75 Å². The van der Waals surface area contributed by atoms with Crippen molar-refractivity contribution in [1.82, 2.24) is 5.32 Å². The van der Waals surface area contributed by atoms with Crippen molar-refractivity contribution in [3.8, 4) is 5.75 Å². The van der Waals surface area contributed by atoms with Crippen LogP contribution in [0.4, 0.5) is 5.69 Å². The molecule has 0 atom stereocenters. The van der Waals surface area contributed by atoms with E-state index < -0.39 is 0 Å². The van der Waals surface area contributed by atoms with Gasteiger partial charge in [0.15, 0.2) is 0 Å². The fraction of sp³-hybridized carbons (Fsp3) is 0.300. The molecule has 0 unspecified atom stereocenters. The Morgan fingerprint density at radius 3 is 2.40 bits per heavy atom. The van der Waals surface area contributed by atoms with Crippen molar-refractivity contribution in [3.05, 3.63) is 59.7 Å². The zero-order chi connectivity index (χ0) is 18.1. The molecule has 0 aliphatic heterocycles. The van der Waals surface area contributed by atoms with E-state index in [4.69, 9.17) is 4.74 Å². The number of ether oxygens (including phenoxy) is 1. The summed E-state index contributed by atoms with van der Waals surface area (Å²) in [5.41, 5.74) is 1.73. The Labute approximate surface area is 148 Å². The van der Waals surface area contributed by atoms with Gasteiger partial charge in [0, 0.05) is 23.4 Å². The molecule has 0 aliphatic rings. The second-order valence-corrected chi connectivity index (χ2v) is 5.60. The van der Waals surface area contributed by atoms with E-state index in [0.717, 1.165) is 12.8 Å². The van der Waals surface area contributed by atoms with Crippen LogP contribution in [0.3, 0.4) is 0 Å². The smallest absolute Gasteiger partial charge is 0.255 e. The van der Waals surface area contributed by atoms with Crippen LogP contribution in [0.15, 0.2) is 48.5 Å². The number of amides is 2. The van der Waals surface area contributed by atoms with Crippen LogP contribution in [0.2, 0.25) is 0 Å². The number of carbonyl (C=O) groups is 2. The third kappa shape index (κ3) is 5.64. The Hall–Kier alpha value is -2.82. The minimum Gasteiger partial charge on any atom is -0.494 e. The summed E-state index contributed by atoms with van der Waals surface area (Å²) in [7, 11) is 0. The van der Waals surface area contributed by atoms with Gasteiger partial charge >= 0.3 is 0 Å². The highest BCUT2D eigenvalue weighted by Crippen LogP contribution is 2.16. The normalized spacial score (nSPS) is 10.2. The molecule has 0 saturated heterocycles. The lowest BCUT2D eigenvalue weighted by molar-refractivity contribution is 0.0952. The third-order valence-corrected chi connectivity index (χ3v) is 3.63. The van der Waals surface area contributed by atoms with Crippen molar-refractivity contribution in [2.24, 2.45) is 0 Å². The maximum Gasteiger partial charge on any atom is 0.255 e. The van der Waals surface area contributed by atoms with Crippen LogP contribution >= 0.6 is 0 Å². The zero-order valence-electron chi connectivity index (χ0n) is 14.7. The Balaban J connectivity index is 1.97. The number of nitrogens with one attached hydrogen (secondary N) is 2. The first-order chi connectivity index (χ1) is 12.1. The molecule has 132 valence electrons. The number of hydrogen-bond acceptors (Lipinski definition) is 3. The summed E-state index contributed by atoms with van der Waals surface area (Å²) < 4.78 is 5.40. The molecule has 0 spiro atoms. The highest BCUT2D eigenvalue weighted by molar-refractivity contribution is 6.04. The summed E-state index contributed by atoms with van der Waals surface area (Å²) in [6.45, 7) is 5.19. The molecule has 2 N–H and O–H groups in total. The van der Waals surface area contributed by atoms with Crippen molar-refractivity contribution >= 4 is 17.5 Å². The number of rotatable bonds is 8. The average molecular weight is 340 g/mol. The summed E-state index contributed by atoms with van der Waals surface area (Å²) in [4.78, 5) is 24.3. The van der Waals surface area contributed by atoms with Crippen LogP contribution in [-0.2, 0) is 0 Å². The Morgan fingerprint density at radius 2 is 1.72 bits per heavy atom. The van der Waals surface area contributed by atoms with Gasteiger partial charge in [-0.25, -0.2) is 0 Å². The minimum atomic E-state index is -0.221. The first kappa shape index (κ1) is 18.5. The van der Waals surface area contributed by atoms with E-state index in [1.54, 1.807) is 42.5 Å². The second kappa shape index (κ2) is 9.47. The van der Waals surface area contributed by atoms with Crippen LogP contribution in [0, 0.1) is 0 Å². The molecule has 0 saturated carbocycles. The molecule has 0 bridgehead atoms. The molecular formula is C20H24N2O3. The van der Waals surface area contributed by atoms with Crippen LogP contribution in [0.1, 0.15) is 47.4 Å². The molecule has 5 nitrogen and oxygen atoms in total. The molecule has 2 amide bonds. The maximum absolute atomic E-state index is 12.3. The lowest BCUT2D eigenvalue weighted by Gasteiger charge is -2.09. The molecule has 2 rings (SSSR count). The molecular weight excluding hydrogens is 316 g/mol. The van der Waals surface area contributed by atoms with E-state index in [0.29, 0.717) is 35.7 Å². The van der Waals surface area contributed by atoms with Gasteiger partial charge in [-0.2, -0.15) is 0 Å². The van der Waals surface area contributed by atoms with Gasteiger partial charge in [-0.1, -0.05) is 19.4 Å². The lowest BCUT2D eigenvalue weighted by atomic mass is 10.1. The Bertz CT molecular complexity index is 711. The number of unbranched alkanes of at least 4 members (excludes halogenated alkanes) is 1. The monoisotopic (exact) mass is 340 g/mol. The molecule has 0 fully saturated rings. The van der Waals surface area contributed by atoms with Crippen LogP contribution < -0.4 is 15.4 Å². The summed E-state index contributed by atoms with van der Waals surface area (Å²) in [6, 6.07) is 13.9. The van der Waals surface area contributed by atoms with E-state index in [1.165, 1.54) is 0 Å². The minimum absolute atomic E-state index is 0.101.